The van der Waals surface area contributed by atoms with Crippen molar-refractivity contribution in [1.29, 1.82) is 0 Å². The summed E-state index contributed by atoms with van der Waals surface area (Å²) in [7, 11) is 2.82. The fraction of sp³-hybridized carbons (Fsp3) is 0.0909. The second kappa shape index (κ2) is 9.10. The zero-order chi connectivity index (χ0) is 19.9. The Bertz CT molecular complexity index is 1020. The lowest BCUT2D eigenvalue weighted by molar-refractivity contribution is -0.134. The van der Waals surface area contributed by atoms with E-state index in [1.165, 1.54) is 43.8 Å². The first-order chi connectivity index (χ1) is 13.6. The van der Waals surface area contributed by atoms with Gasteiger partial charge in [0.1, 0.15) is 16.6 Å². The molecule has 1 heterocycles. The van der Waals surface area contributed by atoms with E-state index in [4.69, 9.17) is 4.74 Å². The molecule has 0 N–H and O–H groups in total. The molecule has 0 saturated carbocycles. The maximum atomic E-state index is 13.1. The van der Waals surface area contributed by atoms with Crippen molar-refractivity contribution >= 4 is 35.2 Å². The number of nitrogens with zero attached hydrogens (tertiary/aromatic N) is 1. The molecular weight excluding hydrogens is 377 g/mol. The van der Waals surface area contributed by atoms with Gasteiger partial charge in [-0.3, -0.25) is 0 Å². The van der Waals surface area contributed by atoms with E-state index in [2.05, 4.69) is 9.72 Å². The largest absolute Gasteiger partial charge is 0.496 e. The number of benzene rings is 2. The van der Waals surface area contributed by atoms with Crippen LogP contribution in [0.3, 0.4) is 0 Å². The molecule has 0 atom stereocenters. The number of carbonyl (C=O) groups is 1. The Morgan fingerprint density at radius 3 is 2.50 bits per heavy atom. The second-order valence-corrected chi connectivity index (χ2v) is 6.60. The Kier molecular flexibility index (Phi) is 6.34. The molecule has 1 aromatic heterocycles. The number of carbonyl (C=O) groups excluding carboxylic acids is 1. The monoisotopic (exact) mass is 395 g/mol. The SMILES string of the molecule is COC(=O)/C=C(/OC)c1ccccc1/C=C/c1csc(-c2ccc(F)cc2)n1. The van der Waals surface area contributed by atoms with Crippen LogP contribution in [0.1, 0.15) is 16.8 Å². The number of ether oxygens (including phenoxy) is 2. The van der Waals surface area contributed by atoms with Gasteiger partial charge in [0.05, 0.1) is 26.0 Å². The summed E-state index contributed by atoms with van der Waals surface area (Å²) >= 11 is 1.49. The Labute approximate surface area is 166 Å². The topological polar surface area (TPSA) is 48.4 Å². The van der Waals surface area contributed by atoms with E-state index in [0.717, 1.165) is 27.4 Å². The van der Waals surface area contributed by atoms with E-state index in [-0.39, 0.29) is 5.82 Å². The number of esters is 1. The van der Waals surface area contributed by atoms with Crippen LogP contribution < -0.4 is 0 Å². The molecule has 0 fully saturated rings. The van der Waals surface area contributed by atoms with E-state index in [9.17, 15) is 9.18 Å². The van der Waals surface area contributed by atoms with Crippen molar-refractivity contribution in [2.45, 2.75) is 0 Å². The number of rotatable bonds is 6. The van der Waals surface area contributed by atoms with Crippen molar-refractivity contribution in [3.05, 3.63) is 82.6 Å². The third-order valence-electron chi connectivity index (χ3n) is 3.94. The predicted octanol–water partition coefficient (Wildman–Crippen LogP) is 5.28. The van der Waals surface area contributed by atoms with Gasteiger partial charge in [0, 0.05) is 16.5 Å². The number of aromatic nitrogens is 1. The molecule has 2 aromatic carbocycles. The summed E-state index contributed by atoms with van der Waals surface area (Å²) in [5, 5.41) is 2.75. The summed E-state index contributed by atoms with van der Waals surface area (Å²) in [4.78, 5) is 16.1. The molecule has 3 aromatic rings. The standard InChI is InChI=1S/C22H18FNO3S/c1-26-20(13-21(25)27-2)19-6-4-3-5-15(19)9-12-18-14-28-22(24-18)16-7-10-17(23)11-8-16/h3-14H,1-2H3/b12-9+,20-13+. The highest BCUT2D eigenvalue weighted by Crippen LogP contribution is 2.26. The van der Waals surface area contributed by atoms with Gasteiger partial charge in [-0.05, 0) is 35.9 Å². The van der Waals surface area contributed by atoms with Crippen LogP contribution in [0.4, 0.5) is 4.39 Å². The summed E-state index contributed by atoms with van der Waals surface area (Å²) in [5.41, 5.74) is 3.29. The van der Waals surface area contributed by atoms with Crippen LogP contribution in [0.25, 0.3) is 28.5 Å². The fourth-order valence-corrected chi connectivity index (χ4v) is 3.34. The fourth-order valence-electron chi connectivity index (χ4n) is 2.54. The first-order valence-electron chi connectivity index (χ1n) is 8.43. The van der Waals surface area contributed by atoms with Crippen LogP contribution in [0, 0.1) is 5.82 Å². The number of hydrogen-bond acceptors (Lipinski definition) is 5. The van der Waals surface area contributed by atoms with Gasteiger partial charge in [-0.25, -0.2) is 14.2 Å². The smallest absolute Gasteiger partial charge is 0.334 e. The van der Waals surface area contributed by atoms with E-state index >= 15 is 0 Å². The maximum Gasteiger partial charge on any atom is 0.334 e. The first kappa shape index (κ1) is 19.5. The van der Waals surface area contributed by atoms with Gasteiger partial charge in [-0.2, -0.15) is 0 Å². The maximum absolute atomic E-state index is 13.1. The van der Waals surface area contributed by atoms with E-state index < -0.39 is 5.97 Å². The Morgan fingerprint density at radius 1 is 1.04 bits per heavy atom. The molecule has 0 aliphatic carbocycles. The minimum atomic E-state index is -0.487. The van der Waals surface area contributed by atoms with Crippen LogP contribution in [0.15, 0.2) is 60.0 Å². The molecule has 4 nitrogen and oxygen atoms in total. The molecule has 6 heteroatoms. The number of thiazole rings is 1. The van der Waals surface area contributed by atoms with Crippen molar-refractivity contribution < 1.29 is 18.7 Å². The van der Waals surface area contributed by atoms with Gasteiger partial charge in [-0.15, -0.1) is 11.3 Å². The van der Waals surface area contributed by atoms with Gasteiger partial charge in [0.25, 0.3) is 0 Å². The first-order valence-corrected chi connectivity index (χ1v) is 9.31. The van der Waals surface area contributed by atoms with Gasteiger partial charge in [-0.1, -0.05) is 30.3 Å². The van der Waals surface area contributed by atoms with E-state index in [0.29, 0.717) is 5.76 Å². The Morgan fingerprint density at radius 2 is 1.79 bits per heavy atom. The third-order valence-corrected chi connectivity index (χ3v) is 4.85. The number of hydrogen-bond donors (Lipinski definition) is 0. The molecule has 0 unspecified atom stereocenters. The molecule has 3 rings (SSSR count). The molecule has 0 spiro atoms. The summed E-state index contributed by atoms with van der Waals surface area (Å²) in [6, 6.07) is 13.8. The lowest BCUT2D eigenvalue weighted by atomic mass is 10.0. The van der Waals surface area contributed by atoms with Crippen molar-refractivity contribution in [1.82, 2.24) is 4.98 Å². The van der Waals surface area contributed by atoms with Crippen LogP contribution in [-0.4, -0.2) is 25.2 Å². The molecule has 0 aliphatic heterocycles. The lowest BCUT2D eigenvalue weighted by Gasteiger charge is -2.09. The lowest BCUT2D eigenvalue weighted by Crippen LogP contribution is -1.99. The van der Waals surface area contributed by atoms with Crippen LogP contribution in [0.5, 0.6) is 0 Å². The molecule has 0 radical (unpaired) electrons. The van der Waals surface area contributed by atoms with Gasteiger partial charge in [0.2, 0.25) is 0 Å². The van der Waals surface area contributed by atoms with Gasteiger partial charge < -0.3 is 9.47 Å². The molecule has 28 heavy (non-hydrogen) atoms. The Balaban J connectivity index is 1.86. The number of methoxy groups -OCH3 is 2. The normalized spacial score (nSPS) is 11.6. The van der Waals surface area contributed by atoms with Crippen molar-refractivity contribution in [2.24, 2.45) is 0 Å². The molecule has 0 aliphatic rings. The van der Waals surface area contributed by atoms with Crippen molar-refractivity contribution in [3.63, 3.8) is 0 Å². The van der Waals surface area contributed by atoms with Crippen LogP contribution in [0.2, 0.25) is 0 Å². The zero-order valence-corrected chi connectivity index (χ0v) is 16.2. The van der Waals surface area contributed by atoms with E-state index in [1.807, 2.05) is 41.8 Å². The predicted molar refractivity (Wildman–Crippen MR) is 110 cm³/mol. The highest BCUT2D eigenvalue weighted by atomic mass is 32.1. The molecule has 0 bridgehead atoms. The molecule has 142 valence electrons. The second-order valence-electron chi connectivity index (χ2n) is 5.74. The average Bonchev–Trinajstić information content (AvgIpc) is 3.20. The minimum absolute atomic E-state index is 0.272. The molecule has 0 amide bonds. The third kappa shape index (κ3) is 4.72. The van der Waals surface area contributed by atoms with Gasteiger partial charge >= 0.3 is 5.97 Å². The Hall–Kier alpha value is -3.25. The summed E-state index contributed by atoms with van der Waals surface area (Å²) < 4.78 is 23.1. The van der Waals surface area contributed by atoms with Crippen molar-refractivity contribution in [2.75, 3.05) is 14.2 Å². The minimum Gasteiger partial charge on any atom is -0.496 e. The highest BCUT2D eigenvalue weighted by Gasteiger charge is 2.09. The zero-order valence-electron chi connectivity index (χ0n) is 15.4. The van der Waals surface area contributed by atoms with Crippen molar-refractivity contribution in [3.8, 4) is 10.6 Å². The summed E-state index contributed by atoms with van der Waals surface area (Å²) in [6.07, 6.45) is 5.10. The quantitative estimate of drug-likeness (QED) is 0.324. The van der Waals surface area contributed by atoms with Crippen LogP contribution in [-0.2, 0) is 14.3 Å². The number of halogens is 1. The van der Waals surface area contributed by atoms with Crippen LogP contribution >= 0.6 is 11.3 Å². The average molecular weight is 395 g/mol. The summed E-state index contributed by atoms with van der Waals surface area (Å²) in [5.74, 6) is -0.345. The van der Waals surface area contributed by atoms with Gasteiger partial charge in [0.15, 0.2) is 0 Å². The highest BCUT2D eigenvalue weighted by molar-refractivity contribution is 7.13. The summed E-state index contributed by atoms with van der Waals surface area (Å²) in [6.45, 7) is 0. The van der Waals surface area contributed by atoms with E-state index in [1.54, 1.807) is 12.1 Å². The molecular formula is C22H18FNO3S. The molecule has 0 saturated heterocycles.